The summed E-state index contributed by atoms with van der Waals surface area (Å²) in [5.41, 5.74) is -0.483. The lowest BCUT2D eigenvalue weighted by atomic mass is 10.1. The van der Waals surface area contributed by atoms with Gasteiger partial charge >= 0.3 is 6.09 Å². The van der Waals surface area contributed by atoms with Crippen LogP contribution in [0, 0.1) is 0 Å². The summed E-state index contributed by atoms with van der Waals surface area (Å²) in [6.07, 6.45) is 1.24. The number of alkyl carbamates (subject to hydrolysis) is 1. The van der Waals surface area contributed by atoms with Crippen LogP contribution in [0.3, 0.4) is 0 Å². The molecule has 0 saturated heterocycles. The number of aromatic nitrogens is 3. The number of carbonyl (C=O) groups is 1. The van der Waals surface area contributed by atoms with E-state index < -0.39 is 5.60 Å². The third-order valence-electron chi connectivity index (χ3n) is 2.90. The van der Waals surface area contributed by atoms with Gasteiger partial charge in [-0.1, -0.05) is 0 Å². The van der Waals surface area contributed by atoms with E-state index in [0.29, 0.717) is 19.0 Å². The van der Waals surface area contributed by atoms with Crippen LogP contribution >= 0.6 is 0 Å². The number of nitrogens with one attached hydrogen (secondary N) is 1. The van der Waals surface area contributed by atoms with E-state index >= 15 is 0 Å². The van der Waals surface area contributed by atoms with Crippen LogP contribution in [0.5, 0.6) is 0 Å². The first kappa shape index (κ1) is 14.8. The highest BCUT2D eigenvalue weighted by Crippen LogP contribution is 2.14. The van der Waals surface area contributed by atoms with Gasteiger partial charge in [-0.2, -0.15) is 5.10 Å². The van der Waals surface area contributed by atoms with E-state index in [1.165, 1.54) is 0 Å². The summed E-state index contributed by atoms with van der Waals surface area (Å²) < 4.78 is 12.1. The molecule has 0 aromatic carbocycles. The number of methoxy groups -OCH3 is 1. The number of ether oxygens (including phenoxy) is 2. The summed E-state index contributed by atoms with van der Waals surface area (Å²) in [6.45, 7) is 6.56. The lowest BCUT2D eigenvalue weighted by Gasteiger charge is -2.26. The third kappa shape index (κ3) is 3.93. The van der Waals surface area contributed by atoms with Crippen molar-refractivity contribution < 1.29 is 14.3 Å². The van der Waals surface area contributed by atoms with Gasteiger partial charge in [0.25, 0.3) is 0 Å². The van der Waals surface area contributed by atoms with Gasteiger partial charge in [0.1, 0.15) is 18.0 Å². The van der Waals surface area contributed by atoms with Gasteiger partial charge in [-0.25, -0.2) is 14.5 Å². The minimum atomic E-state index is -0.483. The molecular formula is C13H22N4O3. The van der Waals surface area contributed by atoms with Gasteiger partial charge in [0, 0.05) is 13.5 Å². The average Bonchev–Trinajstić information content (AvgIpc) is 2.68. The Kier molecular flexibility index (Phi) is 4.27. The Labute approximate surface area is 118 Å². The lowest BCUT2D eigenvalue weighted by Crippen LogP contribution is -2.43. The van der Waals surface area contributed by atoms with Gasteiger partial charge < -0.3 is 14.8 Å². The van der Waals surface area contributed by atoms with Gasteiger partial charge in [0.2, 0.25) is 0 Å². The maximum absolute atomic E-state index is 11.7. The predicted octanol–water partition coefficient (Wildman–Crippen LogP) is 1.26. The molecule has 1 aliphatic heterocycles. The number of amides is 1. The molecule has 0 spiro atoms. The number of hydrogen-bond acceptors (Lipinski definition) is 5. The molecule has 1 N–H and O–H groups in total. The van der Waals surface area contributed by atoms with Crippen molar-refractivity contribution in [3.63, 3.8) is 0 Å². The Morgan fingerprint density at radius 2 is 2.25 bits per heavy atom. The van der Waals surface area contributed by atoms with Gasteiger partial charge in [0.05, 0.1) is 12.6 Å². The Morgan fingerprint density at radius 3 is 2.90 bits per heavy atom. The highest BCUT2D eigenvalue weighted by atomic mass is 16.6. The van der Waals surface area contributed by atoms with Crippen molar-refractivity contribution in [3.8, 4) is 0 Å². The fourth-order valence-electron chi connectivity index (χ4n) is 2.14. The highest BCUT2D eigenvalue weighted by Gasteiger charge is 2.25. The molecule has 0 saturated carbocycles. The average molecular weight is 282 g/mol. The first-order valence-corrected chi connectivity index (χ1v) is 6.78. The first-order chi connectivity index (χ1) is 9.37. The number of rotatable bonds is 3. The number of fused-ring (bicyclic) bond motifs is 1. The van der Waals surface area contributed by atoms with Gasteiger partial charge in [-0.15, -0.1) is 0 Å². The molecule has 0 bridgehead atoms. The summed E-state index contributed by atoms with van der Waals surface area (Å²) >= 11 is 0. The molecule has 1 amide bonds. The van der Waals surface area contributed by atoms with Crippen molar-refractivity contribution in [1.82, 2.24) is 20.1 Å². The molecule has 1 aromatic rings. The van der Waals surface area contributed by atoms with Crippen LogP contribution in [0.4, 0.5) is 4.79 Å². The SMILES string of the molecule is COCc1nc2n(n1)CC(NC(=O)OC(C)(C)C)CC2. The molecule has 112 valence electrons. The quantitative estimate of drug-likeness (QED) is 0.903. The zero-order chi connectivity index (χ0) is 14.8. The minimum absolute atomic E-state index is 0.0226. The van der Waals surface area contributed by atoms with Gasteiger partial charge in [0.15, 0.2) is 5.82 Å². The van der Waals surface area contributed by atoms with E-state index in [4.69, 9.17) is 9.47 Å². The molecule has 1 aromatic heterocycles. The van der Waals surface area contributed by atoms with Crippen LogP contribution in [-0.2, 0) is 29.0 Å². The maximum Gasteiger partial charge on any atom is 0.407 e. The number of hydrogen-bond donors (Lipinski definition) is 1. The van der Waals surface area contributed by atoms with Crippen molar-refractivity contribution >= 4 is 6.09 Å². The Bertz CT molecular complexity index is 478. The van der Waals surface area contributed by atoms with Crippen LogP contribution in [0.25, 0.3) is 0 Å². The molecule has 1 unspecified atom stereocenters. The van der Waals surface area contributed by atoms with Crippen molar-refractivity contribution in [3.05, 3.63) is 11.6 Å². The summed E-state index contributed by atoms with van der Waals surface area (Å²) in [6, 6.07) is 0.0226. The standard InChI is InChI=1S/C13H22N4O3/c1-13(2,3)20-12(18)14-9-5-6-11-15-10(8-19-4)16-17(11)7-9/h9H,5-8H2,1-4H3,(H,14,18). The fraction of sp³-hybridized carbons (Fsp3) is 0.769. The van der Waals surface area contributed by atoms with E-state index in [1.807, 2.05) is 25.5 Å². The van der Waals surface area contributed by atoms with Crippen LogP contribution in [0.2, 0.25) is 0 Å². The van der Waals surface area contributed by atoms with Crippen molar-refractivity contribution in [1.29, 1.82) is 0 Å². The molecule has 1 atom stereocenters. The van der Waals surface area contributed by atoms with Crippen molar-refractivity contribution in [2.24, 2.45) is 0 Å². The minimum Gasteiger partial charge on any atom is -0.444 e. The Balaban J connectivity index is 1.92. The van der Waals surface area contributed by atoms with E-state index in [-0.39, 0.29) is 12.1 Å². The van der Waals surface area contributed by atoms with Crippen LogP contribution in [0.15, 0.2) is 0 Å². The molecular weight excluding hydrogens is 260 g/mol. The predicted molar refractivity (Wildman–Crippen MR) is 72.2 cm³/mol. The molecule has 1 aliphatic rings. The molecule has 0 radical (unpaired) electrons. The van der Waals surface area contributed by atoms with Gasteiger partial charge in [-0.05, 0) is 27.2 Å². The number of carbonyl (C=O) groups excluding carboxylic acids is 1. The second-order valence-corrected chi connectivity index (χ2v) is 5.94. The van der Waals surface area contributed by atoms with Crippen molar-refractivity contribution in [2.75, 3.05) is 7.11 Å². The molecule has 0 fully saturated rings. The van der Waals surface area contributed by atoms with Crippen molar-refractivity contribution in [2.45, 2.75) is 58.4 Å². The van der Waals surface area contributed by atoms with Crippen LogP contribution in [-0.4, -0.2) is 39.6 Å². The monoisotopic (exact) mass is 282 g/mol. The van der Waals surface area contributed by atoms with E-state index in [1.54, 1.807) is 7.11 Å². The van der Waals surface area contributed by atoms with Crippen LogP contribution < -0.4 is 5.32 Å². The topological polar surface area (TPSA) is 78.3 Å². The second-order valence-electron chi connectivity index (χ2n) is 5.94. The molecule has 7 heteroatoms. The highest BCUT2D eigenvalue weighted by molar-refractivity contribution is 5.68. The summed E-state index contributed by atoms with van der Waals surface area (Å²) in [4.78, 5) is 16.1. The molecule has 2 heterocycles. The largest absolute Gasteiger partial charge is 0.444 e. The second kappa shape index (κ2) is 5.78. The van der Waals surface area contributed by atoms with Gasteiger partial charge in [-0.3, -0.25) is 0 Å². The Hall–Kier alpha value is -1.63. The Morgan fingerprint density at radius 1 is 1.50 bits per heavy atom. The summed E-state index contributed by atoms with van der Waals surface area (Å²) in [5, 5.41) is 7.24. The fourth-order valence-corrected chi connectivity index (χ4v) is 2.14. The summed E-state index contributed by atoms with van der Waals surface area (Å²) in [5.74, 6) is 1.62. The van der Waals surface area contributed by atoms with E-state index in [2.05, 4.69) is 15.4 Å². The zero-order valence-electron chi connectivity index (χ0n) is 12.5. The third-order valence-corrected chi connectivity index (χ3v) is 2.90. The molecule has 2 rings (SSSR count). The lowest BCUT2D eigenvalue weighted by molar-refractivity contribution is 0.0491. The molecule has 7 nitrogen and oxygen atoms in total. The number of nitrogens with zero attached hydrogens (tertiary/aromatic N) is 3. The zero-order valence-corrected chi connectivity index (χ0v) is 12.5. The smallest absolute Gasteiger partial charge is 0.407 e. The van der Waals surface area contributed by atoms with E-state index in [0.717, 1.165) is 18.7 Å². The van der Waals surface area contributed by atoms with Crippen LogP contribution in [0.1, 0.15) is 38.8 Å². The van der Waals surface area contributed by atoms with E-state index in [9.17, 15) is 4.79 Å². The first-order valence-electron chi connectivity index (χ1n) is 6.78. The normalized spacial score (nSPS) is 18.5. The summed E-state index contributed by atoms with van der Waals surface area (Å²) in [7, 11) is 1.62. The molecule has 0 aliphatic carbocycles. The molecule has 20 heavy (non-hydrogen) atoms. The maximum atomic E-state index is 11.7. The number of aryl methyl sites for hydroxylation is 1.